The monoisotopic (exact) mass is 268 g/mol. The van der Waals surface area contributed by atoms with Crippen LogP contribution in [0.3, 0.4) is 0 Å². The molecule has 2 rings (SSSR count). The number of hydrogen-bond donors (Lipinski definition) is 1. The minimum absolute atomic E-state index is 0.122. The molecule has 0 aliphatic rings. The minimum Gasteiger partial charge on any atom is -0.487 e. The number of ether oxygens (including phenoxy) is 1. The molecule has 0 unspecified atom stereocenters. The second kappa shape index (κ2) is 5.79. The highest BCUT2D eigenvalue weighted by molar-refractivity contribution is 5.31. The van der Waals surface area contributed by atoms with E-state index >= 15 is 0 Å². The van der Waals surface area contributed by atoms with Crippen molar-refractivity contribution < 1.29 is 18.6 Å². The summed E-state index contributed by atoms with van der Waals surface area (Å²) in [6.07, 6.45) is 3.88. The first-order chi connectivity index (χ1) is 9.11. The molecule has 0 amide bonds. The summed E-state index contributed by atoms with van der Waals surface area (Å²) in [5.41, 5.74) is 0.173. The van der Waals surface area contributed by atoms with Crippen molar-refractivity contribution in [3.05, 3.63) is 47.5 Å². The summed E-state index contributed by atoms with van der Waals surface area (Å²) in [6, 6.07) is 2.11. The van der Waals surface area contributed by atoms with Gasteiger partial charge in [-0.2, -0.15) is 0 Å². The lowest BCUT2D eigenvalue weighted by atomic mass is 10.2. The number of hydrogen-bond acceptors (Lipinski definition) is 3. The summed E-state index contributed by atoms with van der Waals surface area (Å²) >= 11 is 0. The summed E-state index contributed by atoms with van der Waals surface area (Å²) in [5.74, 6) is -1.29. The van der Waals surface area contributed by atoms with Crippen LogP contribution in [0.5, 0.6) is 5.75 Å². The lowest BCUT2D eigenvalue weighted by molar-refractivity contribution is 0.272. The predicted octanol–water partition coefficient (Wildman–Crippen LogP) is 1.81. The molecule has 0 atom stereocenters. The topological polar surface area (TPSA) is 47.3 Å². The van der Waals surface area contributed by atoms with Gasteiger partial charge in [0.05, 0.1) is 13.2 Å². The first kappa shape index (κ1) is 13.5. The van der Waals surface area contributed by atoms with E-state index in [4.69, 9.17) is 9.84 Å². The Morgan fingerprint density at radius 1 is 1.32 bits per heavy atom. The number of imidazole rings is 1. The Labute approximate surface area is 109 Å². The maximum atomic E-state index is 13.5. The van der Waals surface area contributed by atoms with Gasteiger partial charge in [-0.25, -0.2) is 13.8 Å². The average molecular weight is 268 g/mol. The van der Waals surface area contributed by atoms with E-state index in [1.54, 1.807) is 12.4 Å². The van der Waals surface area contributed by atoms with Gasteiger partial charge in [0.1, 0.15) is 5.82 Å². The number of rotatable bonds is 5. The van der Waals surface area contributed by atoms with Crippen molar-refractivity contribution >= 4 is 0 Å². The van der Waals surface area contributed by atoms with Gasteiger partial charge in [0.25, 0.3) is 0 Å². The lowest BCUT2D eigenvalue weighted by Crippen LogP contribution is -2.08. The summed E-state index contributed by atoms with van der Waals surface area (Å²) in [7, 11) is 1.83. The molecule has 19 heavy (non-hydrogen) atoms. The molecule has 1 aromatic heterocycles. The Balaban J connectivity index is 2.02. The molecule has 1 aromatic carbocycles. The van der Waals surface area contributed by atoms with Gasteiger partial charge in [-0.05, 0) is 17.7 Å². The summed E-state index contributed by atoms with van der Waals surface area (Å²) in [6.45, 7) is -0.293. The predicted molar refractivity (Wildman–Crippen MR) is 64.7 cm³/mol. The van der Waals surface area contributed by atoms with Gasteiger partial charge in [-0.3, -0.25) is 0 Å². The number of benzene rings is 1. The van der Waals surface area contributed by atoms with Crippen LogP contribution in [0.15, 0.2) is 24.5 Å². The molecular weight excluding hydrogens is 254 g/mol. The van der Waals surface area contributed by atoms with E-state index in [1.807, 2.05) is 11.6 Å². The summed E-state index contributed by atoms with van der Waals surface area (Å²) in [5, 5.41) is 8.82. The fraction of sp³-hybridized carbons (Fsp3) is 0.308. The second-order valence-corrected chi connectivity index (χ2v) is 4.10. The SMILES string of the molecule is Cn1ccnc1CCOc1c(F)cc(CO)cc1F. The third-order valence-electron chi connectivity index (χ3n) is 2.73. The van der Waals surface area contributed by atoms with Crippen LogP contribution in [0.4, 0.5) is 8.78 Å². The standard InChI is InChI=1S/C13H14F2N2O2/c1-17-4-3-16-12(17)2-5-19-13-10(14)6-9(8-18)7-11(13)15/h3-4,6-7,18H,2,5,8H2,1H3. The Bertz CT molecular complexity index is 547. The summed E-state index contributed by atoms with van der Waals surface area (Å²) < 4.78 is 34.0. The molecule has 1 heterocycles. The van der Waals surface area contributed by atoms with Gasteiger partial charge in [-0.15, -0.1) is 0 Å². The zero-order valence-electron chi connectivity index (χ0n) is 10.4. The maximum Gasteiger partial charge on any atom is 0.190 e. The molecule has 0 radical (unpaired) electrons. The highest BCUT2D eigenvalue weighted by atomic mass is 19.1. The third kappa shape index (κ3) is 3.08. The van der Waals surface area contributed by atoms with Crippen molar-refractivity contribution in [1.82, 2.24) is 9.55 Å². The van der Waals surface area contributed by atoms with E-state index in [2.05, 4.69) is 4.98 Å². The smallest absolute Gasteiger partial charge is 0.190 e. The van der Waals surface area contributed by atoms with Crippen LogP contribution < -0.4 is 4.74 Å². The number of nitrogens with zero attached hydrogens (tertiary/aromatic N) is 2. The van der Waals surface area contributed by atoms with E-state index in [0.29, 0.717) is 6.42 Å². The van der Waals surface area contributed by atoms with Gasteiger partial charge < -0.3 is 14.4 Å². The van der Waals surface area contributed by atoms with E-state index in [9.17, 15) is 8.78 Å². The van der Waals surface area contributed by atoms with Gasteiger partial charge in [-0.1, -0.05) is 0 Å². The zero-order chi connectivity index (χ0) is 13.8. The number of aryl methyl sites for hydroxylation is 1. The first-order valence-electron chi connectivity index (χ1n) is 5.79. The molecule has 2 aromatic rings. The quantitative estimate of drug-likeness (QED) is 0.899. The third-order valence-corrected chi connectivity index (χ3v) is 2.73. The van der Waals surface area contributed by atoms with Crippen molar-refractivity contribution in [2.24, 2.45) is 7.05 Å². The molecular formula is C13H14F2N2O2. The largest absolute Gasteiger partial charge is 0.487 e. The Hall–Kier alpha value is -1.95. The van der Waals surface area contributed by atoms with Gasteiger partial charge in [0, 0.05) is 25.9 Å². The second-order valence-electron chi connectivity index (χ2n) is 4.10. The number of aromatic nitrogens is 2. The van der Waals surface area contributed by atoms with Crippen LogP contribution >= 0.6 is 0 Å². The highest BCUT2D eigenvalue weighted by Gasteiger charge is 2.12. The fourth-order valence-electron chi connectivity index (χ4n) is 1.72. The van der Waals surface area contributed by atoms with Crippen molar-refractivity contribution in [3.63, 3.8) is 0 Å². The molecule has 0 aliphatic heterocycles. The van der Waals surface area contributed by atoms with Crippen molar-refractivity contribution in [3.8, 4) is 5.75 Å². The molecule has 0 spiro atoms. The fourth-order valence-corrected chi connectivity index (χ4v) is 1.72. The van der Waals surface area contributed by atoms with Gasteiger partial charge in [0.15, 0.2) is 17.4 Å². The van der Waals surface area contributed by atoms with Gasteiger partial charge in [0.2, 0.25) is 0 Å². The van der Waals surface area contributed by atoms with Crippen LogP contribution in [0, 0.1) is 11.6 Å². The van der Waals surface area contributed by atoms with E-state index in [-0.39, 0.29) is 12.2 Å². The normalized spacial score (nSPS) is 10.7. The molecule has 4 nitrogen and oxygen atoms in total. The Morgan fingerprint density at radius 3 is 2.53 bits per heavy atom. The number of halogens is 2. The van der Waals surface area contributed by atoms with E-state index in [0.717, 1.165) is 18.0 Å². The van der Waals surface area contributed by atoms with Crippen LogP contribution in [-0.4, -0.2) is 21.3 Å². The average Bonchev–Trinajstić information content (AvgIpc) is 2.78. The minimum atomic E-state index is -0.816. The Kier molecular flexibility index (Phi) is 4.11. The first-order valence-corrected chi connectivity index (χ1v) is 5.79. The van der Waals surface area contributed by atoms with E-state index in [1.165, 1.54) is 0 Å². The van der Waals surface area contributed by atoms with E-state index < -0.39 is 24.0 Å². The number of aliphatic hydroxyl groups excluding tert-OH is 1. The zero-order valence-corrected chi connectivity index (χ0v) is 10.4. The van der Waals surface area contributed by atoms with Crippen LogP contribution in [-0.2, 0) is 20.1 Å². The lowest BCUT2D eigenvalue weighted by Gasteiger charge is -2.09. The molecule has 6 heteroatoms. The molecule has 0 bridgehead atoms. The summed E-state index contributed by atoms with van der Waals surface area (Å²) in [4.78, 5) is 4.08. The number of aliphatic hydroxyl groups is 1. The van der Waals surface area contributed by atoms with Crippen molar-refractivity contribution in [2.75, 3.05) is 6.61 Å². The Morgan fingerprint density at radius 2 is 2.00 bits per heavy atom. The van der Waals surface area contributed by atoms with Crippen molar-refractivity contribution in [2.45, 2.75) is 13.0 Å². The van der Waals surface area contributed by atoms with Crippen LogP contribution in [0.25, 0.3) is 0 Å². The van der Waals surface area contributed by atoms with Crippen molar-refractivity contribution in [1.29, 1.82) is 0 Å². The van der Waals surface area contributed by atoms with Crippen LogP contribution in [0.2, 0.25) is 0 Å². The molecule has 0 aliphatic carbocycles. The molecule has 0 saturated carbocycles. The molecule has 102 valence electrons. The molecule has 0 fully saturated rings. The maximum absolute atomic E-state index is 13.5. The highest BCUT2D eigenvalue weighted by Crippen LogP contribution is 2.23. The van der Waals surface area contributed by atoms with Gasteiger partial charge >= 0.3 is 0 Å². The molecule has 1 N–H and O–H groups in total. The van der Waals surface area contributed by atoms with Crippen LogP contribution in [0.1, 0.15) is 11.4 Å². The molecule has 0 saturated heterocycles.